The molecule has 0 radical (unpaired) electrons. The minimum atomic E-state index is -0.919. The summed E-state index contributed by atoms with van der Waals surface area (Å²) in [6.45, 7) is 0. The maximum absolute atomic E-state index is 13.2. The molecule has 1 atom stereocenters. The van der Waals surface area contributed by atoms with Gasteiger partial charge in [-0.1, -0.05) is 23.7 Å². The third-order valence-electron chi connectivity index (χ3n) is 3.46. The molecule has 0 heterocycles. The average Bonchev–Trinajstić information content (AvgIpc) is 2.54. The smallest absolute Gasteiger partial charge is 0.328 e. The summed E-state index contributed by atoms with van der Waals surface area (Å²) in [6.07, 6.45) is -0.0596. The number of amides is 1. The number of ether oxygens (including phenoxy) is 1. The third-order valence-corrected chi connectivity index (χ3v) is 3.71. The Morgan fingerprint density at radius 1 is 1.08 bits per heavy atom. The lowest BCUT2D eigenvalue weighted by atomic mass is 10.1. The Labute approximate surface area is 148 Å². The highest BCUT2D eigenvalue weighted by atomic mass is 35.5. The van der Waals surface area contributed by atoms with Crippen LogP contribution in [0.2, 0.25) is 5.02 Å². The van der Waals surface area contributed by atoms with E-state index >= 15 is 0 Å². The number of carbonyl (C=O) groups excluding carboxylic acids is 2. The van der Waals surface area contributed by atoms with Crippen LogP contribution >= 0.6 is 11.6 Å². The van der Waals surface area contributed by atoms with Crippen molar-refractivity contribution in [2.75, 3.05) is 7.11 Å². The van der Waals surface area contributed by atoms with Crippen LogP contribution in [0.15, 0.2) is 42.5 Å². The monoisotopic (exact) mass is 367 g/mol. The van der Waals surface area contributed by atoms with Crippen LogP contribution in [0.1, 0.15) is 11.1 Å². The molecule has 0 aliphatic heterocycles. The van der Waals surface area contributed by atoms with Crippen molar-refractivity contribution < 1.29 is 23.1 Å². The first-order valence-corrected chi connectivity index (χ1v) is 7.82. The summed E-state index contributed by atoms with van der Waals surface area (Å²) >= 11 is 5.82. The summed E-state index contributed by atoms with van der Waals surface area (Å²) in [5, 5.41) is 3.08. The van der Waals surface area contributed by atoms with E-state index in [1.54, 1.807) is 24.3 Å². The number of hydrogen-bond donors (Lipinski definition) is 1. The molecule has 0 spiro atoms. The Morgan fingerprint density at radius 2 is 1.68 bits per heavy atom. The Bertz CT molecular complexity index is 745. The lowest BCUT2D eigenvalue weighted by Crippen LogP contribution is -2.43. The van der Waals surface area contributed by atoms with Gasteiger partial charge in [-0.3, -0.25) is 4.79 Å². The number of esters is 1. The van der Waals surface area contributed by atoms with E-state index in [0.29, 0.717) is 5.02 Å². The first-order chi connectivity index (χ1) is 11.9. The van der Waals surface area contributed by atoms with E-state index in [-0.39, 0.29) is 18.4 Å². The number of rotatable bonds is 6. The minimum absolute atomic E-state index is 0.171. The molecule has 2 aromatic carbocycles. The molecule has 2 aromatic rings. The van der Waals surface area contributed by atoms with Gasteiger partial charge in [0, 0.05) is 17.5 Å². The first kappa shape index (κ1) is 18.9. The molecule has 0 unspecified atom stereocenters. The van der Waals surface area contributed by atoms with Crippen LogP contribution in [0.4, 0.5) is 8.78 Å². The molecule has 2 rings (SSSR count). The molecule has 0 aliphatic carbocycles. The Balaban J connectivity index is 2.06. The van der Waals surface area contributed by atoms with Crippen LogP contribution in [-0.4, -0.2) is 25.0 Å². The minimum Gasteiger partial charge on any atom is -0.467 e. The summed E-state index contributed by atoms with van der Waals surface area (Å²) in [5.74, 6) is -2.70. The fourth-order valence-electron chi connectivity index (χ4n) is 2.34. The molecule has 0 fully saturated rings. The molecule has 0 aliphatic rings. The van der Waals surface area contributed by atoms with Crippen molar-refractivity contribution in [3.63, 3.8) is 0 Å². The molecule has 0 saturated heterocycles. The van der Waals surface area contributed by atoms with E-state index in [1.165, 1.54) is 7.11 Å². The molecule has 0 saturated carbocycles. The van der Waals surface area contributed by atoms with Crippen LogP contribution in [-0.2, 0) is 27.2 Å². The summed E-state index contributed by atoms with van der Waals surface area (Å²) in [6, 6.07) is 8.73. The number of nitrogens with one attached hydrogen (secondary N) is 1. The van der Waals surface area contributed by atoms with E-state index in [4.69, 9.17) is 16.3 Å². The topological polar surface area (TPSA) is 55.4 Å². The van der Waals surface area contributed by atoms with Crippen molar-refractivity contribution in [3.8, 4) is 0 Å². The molecule has 1 N–H and O–H groups in total. The van der Waals surface area contributed by atoms with Gasteiger partial charge in [0.1, 0.15) is 17.7 Å². The molecule has 0 aromatic heterocycles. The third kappa shape index (κ3) is 5.83. The molecule has 7 heteroatoms. The van der Waals surface area contributed by atoms with E-state index < -0.39 is 29.6 Å². The average molecular weight is 368 g/mol. The summed E-state index contributed by atoms with van der Waals surface area (Å²) in [5.41, 5.74) is 0.946. The van der Waals surface area contributed by atoms with Gasteiger partial charge in [-0.05, 0) is 35.4 Å². The van der Waals surface area contributed by atoms with Crippen molar-refractivity contribution >= 4 is 23.5 Å². The Morgan fingerprint density at radius 3 is 2.24 bits per heavy atom. The maximum Gasteiger partial charge on any atom is 0.328 e. The lowest BCUT2D eigenvalue weighted by molar-refractivity contribution is -0.145. The van der Waals surface area contributed by atoms with Gasteiger partial charge in [0.15, 0.2) is 0 Å². The van der Waals surface area contributed by atoms with Gasteiger partial charge in [-0.15, -0.1) is 0 Å². The molecular formula is C18H16ClF2NO3. The van der Waals surface area contributed by atoms with Gasteiger partial charge in [0.25, 0.3) is 0 Å². The van der Waals surface area contributed by atoms with Crippen LogP contribution in [0.5, 0.6) is 0 Å². The predicted molar refractivity (Wildman–Crippen MR) is 89.2 cm³/mol. The standard InChI is InChI=1S/C18H16ClF2NO3/c1-25-18(24)16(8-11-2-4-13(19)5-3-11)22-17(23)9-12-6-14(20)10-15(21)7-12/h2-7,10,16H,8-9H2,1H3,(H,22,23)/t16-/m1/s1. The van der Waals surface area contributed by atoms with Crippen molar-refractivity contribution in [1.82, 2.24) is 5.32 Å². The fourth-order valence-corrected chi connectivity index (χ4v) is 2.46. The summed E-state index contributed by atoms with van der Waals surface area (Å²) in [4.78, 5) is 24.0. The van der Waals surface area contributed by atoms with Crippen LogP contribution in [0.25, 0.3) is 0 Å². The van der Waals surface area contributed by atoms with E-state index in [2.05, 4.69) is 5.32 Å². The zero-order valence-corrected chi connectivity index (χ0v) is 14.1. The second-order valence-electron chi connectivity index (χ2n) is 5.43. The summed E-state index contributed by atoms with van der Waals surface area (Å²) in [7, 11) is 1.21. The van der Waals surface area contributed by atoms with Gasteiger partial charge >= 0.3 is 5.97 Å². The predicted octanol–water partition coefficient (Wildman–Crippen LogP) is 3.06. The van der Waals surface area contributed by atoms with Crippen LogP contribution < -0.4 is 5.32 Å². The molecule has 1 amide bonds. The normalized spacial score (nSPS) is 11.7. The second kappa shape index (κ2) is 8.58. The molecule has 0 bridgehead atoms. The molecule has 132 valence electrons. The van der Waals surface area contributed by atoms with E-state index in [0.717, 1.165) is 23.8 Å². The first-order valence-electron chi connectivity index (χ1n) is 7.44. The zero-order valence-electron chi connectivity index (χ0n) is 13.4. The van der Waals surface area contributed by atoms with Gasteiger partial charge in [0.2, 0.25) is 5.91 Å². The zero-order chi connectivity index (χ0) is 18.4. The van der Waals surface area contributed by atoms with Crippen molar-refractivity contribution in [1.29, 1.82) is 0 Å². The maximum atomic E-state index is 13.2. The second-order valence-corrected chi connectivity index (χ2v) is 5.86. The number of methoxy groups -OCH3 is 1. The SMILES string of the molecule is COC(=O)[C@@H](Cc1ccc(Cl)cc1)NC(=O)Cc1cc(F)cc(F)c1. The molecular weight excluding hydrogens is 352 g/mol. The van der Waals surface area contributed by atoms with Crippen LogP contribution in [0, 0.1) is 11.6 Å². The molecule has 25 heavy (non-hydrogen) atoms. The highest BCUT2D eigenvalue weighted by Crippen LogP contribution is 2.12. The van der Waals surface area contributed by atoms with Gasteiger partial charge in [0.05, 0.1) is 13.5 Å². The number of benzene rings is 2. The highest BCUT2D eigenvalue weighted by Gasteiger charge is 2.22. The van der Waals surface area contributed by atoms with Gasteiger partial charge in [-0.2, -0.15) is 0 Å². The van der Waals surface area contributed by atoms with Gasteiger partial charge < -0.3 is 10.1 Å². The van der Waals surface area contributed by atoms with E-state index in [1.807, 2.05) is 0 Å². The number of hydrogen-bond acceptors (Lipinski definition) is 3. The summed E-state index contributed by atoms with van der Waals surface area (Å²) < 4.78 is 31.1. The van der Waals surface area contributed by atoms with Crippen molar-refractivity contribution in [2.45, 2.75) is 18.9 Å². The Hall–Kier alpha value is -2.47. The number of carbonyl (C=O) groups is 2. The molecule has 4 nitrogen and oxygen atoms in total. The highest BCUT2D eigenvalue weighted by molar-refractivity contribution is 6.30. The lowest BCUT2D eigenvalue weighted by Gasteiger charge is -2.17. The fraction of sp³-hybridized carbons (Fsp3) is 0.222. The van der Waals surface area contributed by atoms with Crippen LogP contribution in [0.3, 0.4) is 0 Å². The van der Waals surface area contributed by atoms with Crippen molar-refractivity contribution in [3.05, 3.63) is 70.2 Å². The largest absolute Gasteiger partial charge is 0.467 e. The van der Waals surface area contributed by atoms with E-state index in [9.17, 15) is 18.4 Å². The number of halogens is 3. The van der Waals surface area contributed by atoms with Crippen molar-refractivity contribution in [2.24, 2.45) is 0 Å². The quantitative estimate of drug-likeness (QED) is 0.798. The Kier molecular flexibility index (Phi) is 6.47. The van der Waals surface area contributed by atoms with Gasteiger partial charge in [-0.25, -0.2) is 13.6 Å².